The van der Waals surface area contributed by atoms with Crippen molar-refractivity contribution < 1.29 is 14.8 Å². The number of aliphatic hydroxyl groups is 1. The van der Waals surface area contributed by atoms with Crippen LogP contribution in [0.4, 0.5) is 5.69 Å². The van der Waals surface area contributed by atoms with Crippen molar-refractivity contribution in [2.75, 3.05) is 6.54 Å². The van der Waals surface area contributed by atoms with E-state index < -0.39 is 20.8 Å². The van der Waals surface area contributed by atoms with E-state index in [1.165, 1.54) is 24.3 Å². The SMILES string of the molecule is C[C@]1(C(=O)NC[C@@H](O)c2ccc([N+](=O)[O-])cc2)CC1(Cl)Cl. The molecule has 1 amide bonds. The van der Waals surface area contributed by atoms with E-state index in [1.54, 1.807) is 6.92 Å². The van der Waals surface area contributed by atoms with Crippen molar-refractivity contribution in [2.24, 2.45) is 5.41 Å². The third kappa shape index (κ3) is 3.12. The van der Waals surface area contributed by atoms with Crippen molar-refractivity contribution in [1.82, 2.24) is 5.32 Å². The number of hydrogen-bond donors (Lipinski definition) is 2. The molecule has 6 nitrogen and oxygen atoms in total. The lowest BCUT2D eigenvalue weighted by atomic mass is 10.1. The Morgan fingerprint density at radius 2 is 2.00 bits per heavy atom. The number of halogens is 2. The van der Waals surface area contributed by atoms with E-state index in [2.05, 4.69) is 5.32 Å². The molecule has 1 saturated carbocycles. The highest BCUT2D eigenvalue weighted by molar-refractivity contribution is 6.53. The van der Waals surface area contributed by atoms with Gasteiger partial charge in [-0.1, -0.05) is 0 Å². The first-order valence-corrected chi connectivity index (χ1v) is 7.01. The van der Waals surface area contributed by atoms with Crippen LogP contribution < -0.4 is 5.32 Å². The van der Waals surface area contributed by atoms with Gasteiger partial charge < -0.3 is 10.4 Å². The van der Waals surface area contributed by atoms with E-state index in [0.29, 0.717) is 12.0 Å². The third-order valence-corrected chi connectivity index (χ3v) is 4.81. The van der Waals surface area contributed by atoms with E-state index in [9.17, 15) is 20.0 Å². The maximum absolute atomic E-state index is 11.9. The number of carbonyl (C=O) groups excluding carboxylic acids is 1. The normalized spacial score (nSPS) is 24.2. The molecule has 1 aromatic carbocycles. The Labute approximate surface area is 131 Å². The van der Waals surface area contributed by atoms with Gasteiger partial charge in [0.05, 0.1) is 16.4 Å². The monoisotopic (exact) mass is 332 g/mol. The van der Waals surface area contributed by atoms with Gasteiger partial charge in [0.1, 0.15) is 4.33 Å². The van der Waals surface area contributed by atoms with Crippen molar-refractivity contribution in [3.05, 3.63) is 39.9 Å². The summed E-state index contributed by atoms with van der Waals surface area (Å²) in [7, 11) is 0. The molecule has 1 fully saturated rings. The molecule has 0 aliphatic heterocycles. The van der Waals surface area contributed by atoms with Crippen LogP contribution in [-0.2, 0) is 4.79 Å². The minimum absolute atomic E-state index is 0.0178. The molecule has 2 N–H and O–H groups in total. The summed E-state index contributed by atoms with van der Waals surface area (Å²) in [4.78, 5) is 22.0. The number of nitro benzene ring substituents is 1. The number of aliphatic hydroxyl groups excluding tert-OH is 1. The average molecular weight is 333 g/mol. The van der Waals surface area contributed by atoms with E-state index >= 15 is 0 Å². The molecule has 2 atom stereocenters. The zero-order chi connectivity index (χ0) is 15.8. The lowest BCUT2D eigenvalue weighted by Crippen LogP contribution is -2.36. The summed E-state index contributed by atoms with van der Waals surface area (Å²) >= 11 is 11.8. The second kappa shape index (κ2) is 5.44. The molecule has 0 spiro atoms. The van der Waals surface area contributed by atoms with Crippen molar-refractivity contribution in [3.8, 4) is 0 Å². The predicted octanol–water partition coefficient (Wildman–Crippen LogP) is 2.33. The second-order valence-corrected chi connectivity index (χ2v) is 6.77. The van der Waals surface area contributed by atoms with Crippen LogP contribution in [0.2, 0.25) is 0 Å². The number of nitrogens with one attached hydrogen (secondary N) is 1. The molecule has 114 valence electrons. The Morgan fingerprint density at radius 1 is 1.48 bits per heavy atom. The van der Waals surface area contributed by atoms with Gasteiger partial charge in [-0.2, -0.15) is 0 Å². The van der Waals surface area contributed by atoms with Crippen LogP contribution in [0.1, 0.15) is 25.0 Å². The molecule has 21 heavy (non-hydrogen) atoms. The van der Waals surface area contributed by atoms with Gasteiger partial charge in [0.25, 0.3) is 5.69 Å². The molecule has 0 heterocycles. The molecule has 1 aliphatic carbocycles. The third-order valence-electron chi connectivity index (χ3n) is 3.70. The number of nitro groups is 1. The number of hydrogen-bond acceptors (Lipinski definition) is 4. The predicted molar refractivity (Wildman–Crippen MR) is 78.2 cm³/mol. The molecular formula is C13H14Cl2N2O4. The van der Waals surface area contributed by atoms with Crippen molar-refractivity contribution in [3.63, 3.8) is 0 Å². The van der Waals surface area contributed by atoms with Crippen LogP contribution in [-0.4, -0.2) is 26.8 Å². The van der Waals surface area contributed by atoms with Crippen LogP contribution in [0.25, 0.3) is 0 Å². The molecule has 1 aliphatic rings. The summed E-state index contributed by atoms with van der Waals surface area (Å²) in [5, 5.41) is 23.1. The summed E-state index contributed by atoms with van der Waals surface area (Å²) < 4.78 is -1.06. The van der Waals surface area contributed by atoms with E-state index in [0.717, 1.165) is 0 Å². The Morgan fingerprint density at radius 3 is 2.43 bits per heavy atom. The number of carbonyl (C=O) groups is 1. The Bertz CT molecular complexity index is 576. The molecule has 8 heteroatoms. The summed E-state index contributed by atoms with van der Waals surface area (Å²) in [6, 6.07) is 5.48. The van der Waals surface area contributed by atoms with Gasteiger partial charge in [-0.15, -0.1) is 23.2 Å². The minimum atomic E-state index is -1.06. The number of benzene rings is 1. The first kappa shape index (κ1) is 16.0. The summed E-state index contributed by atoms with van der Waals surface area (Å²) in [6.07, 6.45) is -0.597. The van der Waals surface area contributed by atoms with E-state index in [4.69, 9.17) is 23.2 Å². The summed E-state index contributed by atoms with van der Waals surface area (Å²) in [6.45, 7) is 1.64. The van der Waals surface area contributed by atoms with Gasteiger partial charge in [-0.25, -0.2) is 0 Å². The molecule has 0 bridgehead atoms. The van der Waals surface area contributed by atoms with Gasteiger partial charge >= 0.3 is 0 Å². The second-order valence-electron chi connectivity index (χ2n) is 5.29. The Balaban J connectivity index is 1.92. The summed E-state index contributed by atoms with van der Waals surface area (Å²) in [5.74, 6) is -0.325. The highest BCUT2D eigenvalue weighted by Crippen LogP contribution is 2.63. The molecule has 0 saturated heterocycles. The molecule has 0 unspecified atom stereocenters. The van der Waals surface area contributed by atoms with Gasteiger partial charge in [0.15, 0.2) is 0 Å². The van der Waals surface area contributed by atoms with Crippen LogP contribution in [0, 0.1) is 15.5 Å². The fraction of sp³-hybridized carbons (Fsp3) is 0.462. The minimum Gasteiger partial charge on any atom is -0.387 e. The van der Waals surface area contributed by atoms with E-state index in [1.807, 2.05) is 0 Å². The van der Waals surface area contributed by atoms with Gasteiger partial charge in [0.2, 0.25) is 5.91 Å². The zero-order valence-corrected chi connectivity index (χ0v) is 12.7. The van der Waals surface area contributed by atoms with Crippen molar-refractivity contribution in [1.29, 1.82) is 0 Å². The Hall–Kier alpha value is -1.37. The highest BCUT2D eigenvalue weighted by atomic mass is 35.5. The zero-order valence-electron chi connectivity index (χ0n) is 11.2. The number of alkyl halides is 2. The smallest absolute Gasteiger partial charge is 0.269 e. The largest absolute Gasteiger partial charge is 0.387 e. The van der Waals surface area contributed by atoms with Crippen molar-refractivity contribution in [2.45, 2.75) is 23.8 Å². The average Bonchev–Trinajstić information content (AvgIpc) is 2.96. The van der Waals surface area contributed by atoms with Crippen LogP contribution in [0.3, 0.4) is 0 Å². The fourth-order valence-electron chi connectivity index (χ4n) is 1.97. The maximum atomic E-state index is 11.9. The topological polar surface area (TPSA) is 92.5 Å². The first-order chi connectivity index (χ1) is 9.67. The van der Waals surface area contributed by atoms with Crippen LogP contribution in [0.15, 0.2) is 24.3 Å². The van der Waals surface area contributed by atoms with Gasteiger partial charge in [-0.3, -0.25) is 14.9 Å². The number of nitrogens with zero attached hydrogens (tertiary/aromatic N) is 1. The molecule has 1 aromatic rings. The quantitative estimate of drug-likeness (QED) is 0.491. The summed E-state index contributed by atoms with van der Waals surface area (Å²) in [5.41, 5.74) is -0.426. The molecular weight excluding hydrogens is 319 g/mol. The van der Waals surface area contributed by atoms with Crippen molar-refractivity contribution >= 4 is 34.8 Å². The Kier molecular flexibility index (Phi) is 4.15. The van der Waals surface area contributed by atoms with Gasteiger partial charge in [-0.05, 0) is 31.0 Å². The number of non-ortho nitro benzene ring substituents is 1. The number of amides is 1. The number of rotatable bonds is 5. The first-order valence-electron chi connectivity index (χ1n) is 6.26. The lowest BCUT2D eigenvalue weighted by molar-refractivity contribution is -0.384. The molecule has 2 rings (SSSR count). The van der Waals surface area contributed by atoms with Gasteiger partial charge in [0, 0.05) is 18.7 Å². The molecule has 0 radical (unpaired) electrons. The van der Waals surface area contributed by atoms with Crippen LogP contribution >= 0.6 is 23.2 Å². The van der Waals surface area contributed by atoms with Crippen LogP contribution in [0.5, 0.6) is 0 Å². The highest BCUT2D eigenvalue weighted by Gasteiger charge is 2.67. The standard InChI is InChI=1S/C13H14Cl2N2O4/c1-12(7-13(12,14)15)11(19)16-6-10(18)8-2-4-9(5-3-8)17(20)21/h2-5,10,18H,6-7H2,1H3,(H,16,19)/t10-,12-/m1/s1. The van der Waals surface area contributed by atoms with E-state index in [-0.39, 0.29) is 18.1 Å². The maximum Gasteiger partial charge on any atom is 0.269 e. The fourth-order valence-corrected chi connectivity index (χ4v) is 2.67. The lowest BCUT2D eigenvalue weighted by Gasteiger charge is -2.16. The molecule has 0 aromatic heterocycles.